The van der Waals surface area contributed by atoms with Gasteiger partial charge in [-0.15, -0.1) is 0 Å². The van der Waals surface area contributed by atoms with E-state index >= 15 is 0 Å². The number of hydrogen-bond donors (Lipinski definition) is 1. The van der Waals surface area contributed by atoms with E-state index < -0.39 is 9.04 Å². The summed E-state index contributed by atoms with van der Waals surface area (Å²) in [4.78, 5) is 0. The van der Waals surface area contributed by atoms with Gasteiger partial charge in [-0.05, 0) is 24.1 Å². The molecule has 0 spiro atoms. The summed E-state index contributed by atoms with van der Waals surface area (Å²) >= 11 is 0. The summed E-state index contributed by atoms with van der Waals surface area (Å²) in [5.74, 6) is 0.762. The Morgan fingerprint density at radius 1 is 1.21 bits per heavy atom. The number of benzene rings is 1. The molecule has 0 unspecified atom stereocenters. The van der Waals surface area contributed by atoms with Gasteiger partial charge >= 0.3 is 0 Å². The fourth-order valence-corrected chi connectivity index (χ4v) is 2.55. The van der Waals surface area contributed by atoms with Crippen LogP contribution < -0.4 is 4.74 Å². The van der Waals surface area contributed by atoms with E-state index in [1.54, 1.807) is 7.11 Å². The number of aliphatic hydroxyl groups excluding tert-OH is 1. The van der Waals surface area contributed by atoms with Crippen LogP contribution in [0.4, 0.5) is 0 Å². The van der Waals surface area contributed by atoms with Crippen LogP contribution in [0, 0.1) is 0 Å². The monoisotopic (exact) mass is 281 g/mol. The van der Waals surface area contributed by atoms with E-state index in [0.29, 0.717) is 6.61 Å². The first-order valence-electron chi connectivity index (χ1n) is 6.54. The summed E-state index contributed by atoms with van der Waals surface area (Å²) in [5, 5.41) is 9.43. The van der Waals surface area contributed by atoms with Gasteiger partial charge in [-0.25, -0.2) is 0 Å². The van der Waals surface area contributed by atoms with Crippen molar-refractivity contribution < 1.29 is 14.3 Å². The molecule has 0 amide bonds. The smallest absolute Gasteiger partial charge is 0.205 e. The summed E-state index contributed by atoms with van der Waals surface area (Å²) in [5.41, 5.74) is 3.11. The molecular formula is C15H25O3Si. The Hall–Kier alpha value is -0.843. The summed E-state index contributed by atoms with van der Waals surface area (Å²) in [6.07, 6.45) is 0. The van der Waals surface area contributed by atoms with Gasteiger partial charge in [0.2, 0.25) is 9.04 Å². The summed E-state index contributed by atoms with van der Waals surface area (Å²) in [6, 6.07) is 4.01. The number of ether oxygens (including phenoxy) is 1. The van der Waals surface area contributed by atoms with Gasteiger partial charge in [-0.1, -0.05) is 32.9 Å². The molecule has 4 heteroatoms. The molecule has 0 heterocycles. The van der Waals surface area contributed by atoms with Gasteiger partial charge in [-0.3, -0.25) is 0 Å². The lowest BCUT2D eigenvalue weighted by Crippen LogP contribution is -2.18. The number of hydrogen-bond acceptors (Lipinski definition) is 3. The predicted molar refractivity (Wildman–Crippen MR) is 79.9 cm³/mol. The molecule has 0 saturated heterocycles. The minimum absolute atomic E-state index is 0.0172. The highest BCUT2D eigenvalue weighted by atomic mass is 28.3. The predicted octanol–water partition coefficient (Wildman–Crippen LogP) is 3.25. The fourth-order valence-electron chi connectivity index (χ4n) is 2.12. The Bertz CT molecular complexity index is 422. The van der Waals surface area contributed by atoms with Crippen molar-refractivity contribution in [1.29, 1.82) is 0 Å². The van der Waals surface area contributed by atoms with Crippen molar-refractivity contribution in [3.8, 4) is 5.75 Å². The van der Waals surface area contributed by atoms with Gasteiger partial charge in [0.25, 0.3) is 0 Å². The molecule has 1 aromatic carbocycles. The second-order valence-electron chi connectivity index (χ2n) is 5.89. The molecule has 0 saturated carbocycles. The molecule has 0 aliphatic rings. The van der Waals surface area contributed by atoms with Crippen molar-refractivity contribution in [2.24, 2.45) is 0 Å². The molecule has 3 nitrogen and oxygen atoms in total. The molecule has 1 rings (SSSR count). The number of aliphatic hydroxyl groups is 1. The number of rotatable bonds is 5. The highest BCUT2D eigenvalue weighted by molar-refractivity contribution is 6.48. The Labute approximate surface area is 118 Å². The molecule has 19 heavy (non-hydrogen) atoms. The molecule has 0 aromatic heterocycles. The highest BCUT2D eigenvalue weighted by Gasteiger charge is 2.23. The minimum atomic E-state index is -0.755. The van der Waals surface area contributed by atoms with Crippen LogP contribution in [0.1, 0.15) is 37.5 Å². The molecule has 0 aliphatic carbocycles. The molecule has 0 atom stereocenters. The molecular weight excluding hydrogens is 256 g/mol. The molecule has 107 valence electrons. The van der Waals surface area contributed by atoms with Gasteiger partial charge in [-0.2, -0.15) is 0 Å². The van der Waals surface area contributed by atoms with Crippen LogP contribution in [0.2, 0.25) is 13.1 Å². The van der Waals surface area contributed by atoms with Crippen LogP contribution >= 0.6 is 0 Å². The summed E-state index contributed by atoms with van der Waals surface area (Å²) in [7, 11) is 0.892. The van der Waals surface area contributed by atoms with Crippen molar-refractivity contribution in [3.05, 3.63) is 28.8 Å². The maximum absolute atomic E-state index is 9.43. The van der Waals surface area contributed by atoms with Crippen molar-refractivity contribution in [3.63, 3.8) is 0 Å². The Morgan fingerprint density at radius 3 is 2.26 bits per heavy atom. The lowest BCUT2D eigenvalue weighted by Gasteiger charge is -2.26. The average molecular weight is 281 g/mol. The van der Waals surface area contributed by atoms with Crippen molar-refractivity contribution in [2.75, 3.05) is 7.11 Å². The van der Waals surface area contributed by atoms with Gasteiger partial charge in [0.1, 0.15) is 5.75 Å². The maximum Gasteiger partial charge on any atom is 0.205 e. The van der Waals surface area contributed by atoms with E-state index in [9.17, 15) is 5.11 Å². The molecule has 1 aromatic rings. The zero-order valence-electron chi connectivity index (χ0n) is 12.8. The third-order valence-electron chi connectivity index (χ3n) is 3.03. The largest absolute Gasteiger partial charge is 0.496 e. The van der Waals surface area contributed by atoms with Crippen LogP contribution in [0.25, 0.3) is 0 Å². The van der Waals surface area contributed by atoms with Gasteiger partial charge in [0, 0.05) is 11.1 Å². The van der Waals surface area contributed by atoms with Crippen molar-refractivity contribution >= 4 is 9.04 Å². The standard InChI is InChI=1S/C15H25O3Si/c1-15(2,3)13-8-7-11(9-16)14(17-4)12(13)10-18-19(5)6/h7-8,16H,9-10H2,1-6H3. The normalized spacial score (nSPS) is 12.0. The zero-order chi connectivity index (χ0) is 14.6. The van der Waals surface area contributed by atoms with Crippen LogP contribution in [0.5, 0.6) is 5.75 Å². The fraction of sp³-hybridized carbons (Fsp3) is 0.600. The van der Waals surface area contributed by atoms with E-state index in [2.05, 4.69) is 39.9 Å². The van der Waals surface area contributed by atoms with Gasteiger partial charge in [0.15, 0.2) is 0 Å². The first-order valence-corrected chi connectivity index (χ1v) is 8.95. The second kappa shape index (κ2) is 6.55. The second-order valence-corrected chi connectivity index (χ2v) is 7.99. The van der Waals surface area contributed by atoms with Crippen LogP contribution in [0.15, 0.2) is 12.1 Å². The number of methoxy groups -OCH3 is 1. The van der Waals surface area contributed by atoms with E-state index in [-0.39, 0.29) is 12.0 Å². The Morgan fingerprint density at radius 2 is 1.84 bits per heavy atom. The van der Waals surface area contributed by atoms with Crippen LogP contribution in [-0.2, 0) is 23.1 Å². The lowest BCUT2D eigenvalue weighted by atomic mass is 9.83. The van der Waals surface area contributed by atoms with Crippen molar-refractivity contribution in [2.45, 2.75) is 52.5 Å². The Balaban J connectivity index is 3.31. The summed E-state index contributed by atoms with van der Waals surface area (Å²) in [6.45, 7) is 11.3. The zero-order valence-corrected chi connectivity index (χ0v) is 13.8. The topological polar surface area (TPSA) is 38.7 Å². The van der Waals surface area contributed by atoms with E-state index in [1.165, 1.54) is 5.56 Å². The first kappa shape index (κ1) is 16.2. The van der Waals surface area contributed by atoms with Crippen LogP contribution in [0.3, 0.4) is 0 Å². The molecule has 1 N–H and O–H groups in total. The SMILES string of the molecule is COc1c(CO)ccc(C(C)(C)C)c1CO[Si](C)C. The third-order valence-corrected chi connectivity index (χ3v) is 3.75. The molecule has 0 aliphatic heterocycles. The summed E-state index contributed by atoms with van der Waals surface area (Å²) < 4.78 is 11.4. The van der Waals surface area contributed by atoms with Gasteiger partial charge < -0.3 is 14.3 Å². The Kier molecular flexibility index (Phi) is 5.59. The quantitative estimate of drug-likeness (QED) is 0.842. The molecule has 1 radical (unpaired) electrons. The van der Waals surface area contributed by atoms with Crippen molar-refractivity contribution in [1.82, 2.24) is 0 Å². The van der Waals surface area contributed by atoms with E-state index in [4.69, 9.17) is 9.16 Å². The molecule has 0 fully saturated rings. The lowest BCUT2D eigenvalue weighted by molar-refractivity contribution is 0.267. The van der Waals surface area contributed by atoms with Crippen LogP contribution in [-0.4, -0.2) is 21.3 Å². The molecule has 0 bridgehead atoms. The minimum Gasteiger partial charge on any atom is -0.496 e. The average Bonchev–Trinajstić information content (AvgIpc) is 2.33. The maximum atomic E-state index is 9.43. The first-order chi connectivity index (χ1) is 8.81. The third kappa shape index (κ3) is 4.06. The van der Waals surface area contributed by atoms with Gasteiger partial charge in [0.05, 0.1) is 20.3 Å². The van der Waals surface area contributed by atoms with E-state index in [1.807, 2.05) is 6.07 Å². The highest BCUT2D eigenvalue weighted by Crippen LogP contribution is 2.35. The van der Waals surface area contributed by atoms with E-state index in [0.717, 1.165) is 16.9 Å².